The molecule has 1 heterocycles. The molecule has 0 radical (unpaired) electrons. The lowest BCUT2D eigenvalue weighted by Crippen LogP contribution is -2.01. The molecule has 0 unspecified atom stereocenters. The standard InChI is InChI=1S/C16H14BrN5O3/c1-18-13-6-3-7-14(15(13)22(23)24)25-12-5-2-4-11(8-12)9-21-10-19-16(17)20-21/h2-8,10,18H,9H2,1H3. The van der Waals surface area contributed by atoms with E-state index in [2.05, 4.69) is 31.3 Å². The fourth-order valence-electron chi connectivity index (χ4n) is 2.36. The van der Waals surface area contributed by atoms with Crippen LogP contribution in [-0.2, 0) is 6.54 Å². The Balaban J connectivity index is 1.86. The fraction of sp³-hybridized carbons (Fsp3) is 0.125. The van der Waals surface area contributed by atoms with Gasteiger partial charge in [-0.05, 0) is 45.8 Å². The number of nitro benzene ring substituents is 1. The van der Waals surface area contributed by atoms with E-state index in [1.54, 1.807) is 42.3 Å². The Morgan fingerprint density at radius 1 is 1.32 bits per heavy atom. The topological polar surface area (TPSA) is 95.1 Å². The molecule has 0 aliphatic heterocycles. The lowest BCUT2D eigenvalue weighted by molar-refractivity contribution is -0.384. The van der Waals surface area contributed by atoms with Crippen molar-refractivity contribution in [3.63, 3.8) is 0 Å². The van der Waals surface area contributed by atoms with E-state index in [0.717, 1.165) is 5.56 Å². The number of hydrogen-bond acceptors (Lipinski definition) is 6. The Kier molecular flexibility index (Phi) is 4.94. The van der Waals surface area contributed by atoms with Gasteiger partial charge in [0.1, 0.15) is 17.8 Å². The van der Waals surface area contributed by atoms with E-state index in [9.17, 15) is 10.1 Å². The van der Waals surface area contributed by atoms with E-state index in [1.165, 1.54) is 0 Å². The van der Waals surface area contributed by atoms with Gasteiger partial charge in [0.15, 0.2) is 0 Å². The third-order valence-electron chi connectivity index (χ3n) is 3.43. The summed E-state index contributed by atoms with van der Waals surface area (Å²) in [6.45, 7) is 0.508. The molecule has 0 bridgehead atoms. The van der Waals surface area contributed by atoms with Gasteiger partial charge < -0.3 is 10.1 Å². The molecule has 0 spiro atoms. The van der Waals surface area contributed by atoms with Crippen molar-refractivity contribution < 1.29 is 9.66 Å². The number of para-hydroxylation sites is 1. The number of halogens is 1. The molecule has 25 heavy (non-hydrogen) atoms. The quantitative estimate of drug-likeness (QED) is 0.496. The Morgan fingerprint density at radius 3 is 2.80 bits per heavy atom. The first-order chi connectivity index (χ1) is 12.1. The van der Waals surface area contributed by atoms with Crippen LogP contribution >= 0.6 is 15.9 Å². The maximum atomic E-state index is 11.4. The highest BCUT2D eigenvalue weighted by Crippen LogP contribution is 2.37. The maximum Gasteiger partial charge on any atom is 0.334 e. The molecule has 3 aromatic rings. The highest BCUT2D eigenvalue weighted by Gasteiger charge is 2.20. The number of anilines is 1. The van der Waals surface area contributed by atoms with Gasteiger partial charge in [0.05, 0.1) is 11.5 Å². The fourth-order valence-corrected chi connectivity index (χ4v) is 2.66. The summed E-state index contributed by atoms with van der Waals surface area (Å²) < 4.78 is 7.95. The first kappa shape index (κ1) is 16.9. The Morgan fingerprint density at radius 2 is 2.12 bits per heavy atom. The summed E-state index contributed by atoms with van der Waals surface area (Å²) in [5, 5.41) is 18.3. The average Bonchev–Trinajstić information content (AvgIpc) is 2.99. The molecular formula is C16H14BrN5O3. The number of aromatic nitrogens is 3. The summed E-state index contributed by atoms with van der Waals surface area (Å²) in [5.41, 5.74) is 1.23. The number of benzene rings is 2. The van der Waals surface area contributed by atoms with Crippen LogP contribution in [-0.4, -0.2) is 26.7 Å². The molecule has 9 heteroatoms. The minimum Gasteiger partial charge on any atom is -0.450 e. The van der Waals surface area contributed by atoms with Gasteiger partial charge in [0, 0.05) is 7.05 Å². The van der Waals surface area contributed by atoms with Gasteiger partial charge in [-0.3, -0.25) is 10.1 Å². The molecule has 1 aromatic heterocycles. The van der Waals surface area contributed by atoms with Crippen LogP contribution in [0.4, 0.5) is 11.4 Å². The third-order valence-corrected chi connectivity index (χ3v) is 3.79. The molecule has 2 aromatic carbocycles. The summed E-state index contributed by atoms with van der Waals surface area (Å²) in [7, 11) is 1.63. The van der Waals surface area contributed by atoms with Gasteiger partial charge in [0.25, 0.3) is 0 Å². The van der Waals surface area contributed by atoms with Crippen LogP contribution in [0, 0.1) is 10.1 Å². The van der Waals surface area contributed by atoms with Gasteiger partial charge in [-0.2, -0.15) is 0 Å². The van der Waals surface area contributed by atoms with Gasteiger partial charge in [0.2, 0.25) is 10.5 Å². The third kappa shape index (κ3) is 3.94. The highest BCUT2D eigenvalue weighted by molar-refractivity contribution is 9.10. The molecule has 128 valence electrons. The van der Waals surface area contributed by atoms with E-state index >= 15 is 0 Å². The number of rotatable bonds is 6. The molecular weight excluding hydrogens is 390 g/mol. The van der Waals surface area contributed by atoms with Crippen LogP contribution in [0.25, 0.3) is 0 Å². The monoisotopic (exact) mass is 403 g/mol. The lowest BCUT2D eigenvalue weighted by atomic mass is 10.2. The Bertz CT molecular complexity index is 912. The second-order valence-electron chi connectivity index (χ2n) is 5.12. The summed E-state index contributed by atoms with van der Waals surface area (Å²) in [4.78, 5) is 14.9. The zero-order valence-corrected chi connectivity index (χ0v) is 14.8. The number of nitrogens with one attached hydrogen (secondary N) is 1. The molecule has 0 saturated carbocycles. The second-order valence-corrected chi connectivity index (χ2v) is 5.83. The van der Waals surface area contributed by atoms with Gasteiger partial charge in [-0.15, -0.1) is 5.10 Å². The minimum absolute atomic E-state index is 0.101. The average molecular weight is 404 g/mol. The predicted molar refractivity (Wildman–Crippen MR) is 96.0 cm³/mol. The molecule has 0 saturated heterocycles. The van der Waals surface area contributed by atoms with Crippen LogP contribution in [0.15, 0.2) is 53.5 Å². The molecule has 3 rings (SSSR count). The molecule has 0 fully saturated rings. The zero-order chi connectivity index (χ0) is 17.8. The van der Waals surface area contributed by atoms with Crippen molar-refractivity contribution in [3.8, 4) is 11.5 Å². The number of hydrogen-bond donors (Lipinski definition) is 1. The van der Waals surface area contributed by atoms with E-state index < -0.39 is 4.92 Å². The van der Waals surface area contributed by atoms with E-state index in [0.29, 0.717) is 22.7 Å². The molecule has 1 N–H and O–H groups in total. The molecule has 8 nitrogen and oxygen atoms in total. The smallest absolute Gasteiger partial charge is 0.334 e. The van der Waals surface area contributed by atoms with Gasteiger partial charge in [-0.1, -0.05) is 18.2 Å². The maximum absolute atomic E-state index is 11.4. The van der Waals surface area contributed by atoms with Crippen LogP contribution in [0.5, 0.6) is 11.5 Å². The minimum atomic E-state index is -0.460. The number of ether oxygens (including phenoxy) is 1. The largest absolute Gasteiger partial charge is 0.450 e. The Hall–Kier alpha value is -2.94. The van der Waals surface area contributed by atoms with Crippen molar-refractivity contribution in [1.82, 2.24) is 14.8 Å². The second kappa shape index (κ2) is 7.31. The van der Waals surface area contributed by atoms with E-state index in [1.807, 2.05) is 18.2 Å². The lowest BCUT2D eigenvalue weighted by Gasteiger charge is -2.10. The molecule has 0 aliphatic carbocycles. The number of nitro groups is 1. The normalized spacial score (nSPS) is 10.5. The van der Waals surface area contributed by atoms with E-state index in [4.69, 9.17) is 4.74 Å². The van der Waals surface area contributed by atoms with Crippen LogP contribution < -0.4 is 10.1 Å². The SMILES string of the molecule is CNc1cccc(Oc2cccc(Cn3cnc(Br)n3)c2)c1[N+](=O)[O-]. The van der Waals surface area contributed by atoms with E-state index in [-0.39, 0.29) is 11.4 Å². The predicted octanol–water partition coefficient (Wildman–Crippen LogP) is 3.83. The molecule has 0 atom stereocenters. The van der Waals surface area contributed by atoms with Crippen LogP contribution in [0.2, 0.25) is 0 Å². The van der Waals surface area contributed by atoms with Gasteiger partial charge >= 0.3 is 5.69 Å². The first-order valence-corrected chi connectivity index (χ1v) is 8.13. The molecule has 0 amide bonds. The summed E-state index contributed by atoms with van der Waals surface area (Å²) in [5.74, 6) is 0.686. The molecule has 0 aliphatic rings. The van der Waals surface area contributed by atoms with Crippen molar-refractivity contribution in [2.24, 2.45) is 0 Å². The van der Waals surface area contributed by atoms with Crippen LogP contribution in [0.3, 0.4) is 0 Å². The van der Waals surface area contributed by atoms with Crippen molar-refractivity contribution >= 4 is 27.3 Å². The van der Waals surface area contributed by atoms with Crippen LogP contribution in [0.1, 0.15) is 5.56 Å². The van der Waals surface area contributed by atoms with Gasteiger partial charge in [-0.25, -0.2) is 9.67 Å². The number of nitrogens with zero attached hydrogens (tertiary/aromatic N) is 4. The van der Waals surface area contributed by atoms with Crippen molar-refractivity contribution in [2.45, 2.75) is 6.54 Å². The van der Waals surface area contributed by atoms with Crippen molar-refractivity contribution in [1.29, 1.82) is 0 Å². The van der Waals surface area contributed by atoms with Crippen molar-refractivity contribution in [2.75, 3.05) is 12.4 Å². The first-order valence-electron chi connectivity index (χ1n) is 7.33. The summed E-state index contributed by atoms with van der Waals surface area (Å²) in [6, 6.07) is 12.2. The van der Waals surface area contributed by atoms with Crippen molar-refractivity contribution in [3.05, 3.63) is 69.2 Å². The zero-order valence-electron chi connectivity index (χ0n) is 13.2. The highest BCUT2D eigenvalue weighted by atomic mass is 79.9. The summed E-state index contributed by atoms with van der Waals surface area (Å²) >= 11 is 3.20. The Labute approximate surface area is 151 Å². The summed E-state index contributed by atoms with van der Waals surface area (Å²) in [6.07, 6.45) is 1.61.